The van der Waals surface area contributed by atoms with E-state index in [1.54, 1.807) is 48.6 Å². The Morgan fingerprint density at radius 2 is 1.14 bits per heavy atom. The van der Waals surface area contributed by atoms with Gasteiger partial charge in [0.25, 0.3) is 0 Å². The van der Waals surface area contributed by atoms with Crippen molar-refractivity contribution in [1.29, 1.82) is 0 Å². The Morgan fingerprint density at radius 3 is 1.55 bits per heavy atom. The molecule has 3 heteroatoms. The molecule has 0 N–H and O–H groups in total. The average molecular weight is 296 g/mol. The van der Waals surface area contributed by atoms with Crippen LogP contribution in [0.15, 0.2) is 59.7 Å². The Labute approximate surface area is 127 Å². The highest BCUT2D eigenvalue weighted by Crippen LogP contribution is 2.30. The maximum atomic E-state index is 13.6. The van der Waals surface area contributed by atoms with Crippen molar-refractivity contribution in [3.05, 3.63) is 82.4 Å². The fourth-order valence-electron chi connectivity index (χ4n) is 2.54. The summed E-state index contributed by atoms with van der Waals surface area (Å²) in [5.74, 6) is -0.838. The van der Waals surface area contributed by atoms with Crippen molar-refractivity contribution in [2.24, 2.45) is 0 Å². The van der Waals surface area contributed by atoms with Crippen molar-refractivity contribution < 1.29 is 13.6 Å². The molecule has 0 heterocycles. The number of halogens is 2. The van der Waals surface area contributed by atoms with Gasteiger partial charge in [0.05, 0.1) is 0 Å². The summed E-state index contributed by atoms with van der Waals surface area (Å²) < 4.78 is 27.3. The molecule has 0 radical (unpaired) electrons. The normalized spacial score (nSPS) is 18.4. The molecule has 0 aromatic heterocycles. The maximum absolute atomic E-state index is 13.6. The van der Waals surface area contributed by atoms with Gasteiger partial charge in [-0.1, -0.05) is 36.4 Å². The third-order valence-corrected chi connectivity index (χ3v) is 3.72. The first-order chi connectivity index (χ1) is 10.6. The van der Waals surface area contributed by atoms with E-state index in [1.165, 1.54) is 12.1 Å². The van der Waals surface area contributed by atoms with Gasteiger partial charge in [-0.3, -0.25) is 4.79 Å². The predicted octanol–water partition coefficient (Wildman–Crippen LogP) is 4.79. The van der Waals surface area contributed by atoms with Crippen LogP contribution < -0.4 is 0 Å². The molecule has 0 saturated heterocycles. The molecule has 1 aliphatic rings. The summed E-state index contributed by atoms with van der Waals surface area (Å²) in [4.78, 5) is 12.4. The quantitative estimate of drug-likeness (QED) is 0.728. The molecule has 0 atom stereocenters. The van der Waals surface area contributed by atoms with Crippen molar-refractivity contribution in [3.8, 4) is 0 Å². The van der Waals surface area contributed by atoms with E-state index < -0.39 is 0 Å². The molecule has 1 fully saturated rings. The third-order valence-electron chi connectivity index (χ3n) is 3.72. The summed E-state index contributed by atoms with van der Waals surface area (Å²) in [6, 6.07) is 12.7. The van der Waals surface area contributed by atoms with Crippen molar-refractivity contribution in [2.75, 3.05) is 0 Å². The van der Waals surface area contributed by atoms with Crippen molar-refractivity contribution in [1.82, 2.24) is 0 Å². The number of allylic oxidation sites excluding steroid dienone is 2. The lowest BCUT2D eigenvalue weighted by Crippen LogP contribution is -1.96. The molecule has 1 aliphatic carbocycles. The molecule has 0 unspecified atom stereocenters. The van der Waals surface area contributed by atoms with Crippen LogP contribution in [0.3, 0.4) is 0 Å². The lowest BCUT2D eigenvalue weighted by atomic mass is 10.1. The molecule has 3 rings (SSSR count). The Balaban J connectivity index is 1.90. The van der Waals surface area contributed by atoms with Crippen LogP contribution in [0.2, 0.25) is 0 Å². The first-order valence-electron chi connectivity index (χ1n) is 7.10. The Kier molecular flexibility index (Phi) is 3.96. The monoisotopic (exact) mass is 296 g/mol. The smallest absolute Gasteiger partial charge is 0.185 e. The minimum Gasteiger partial charge on any atom is -0.289 e. The maximum Gasteiger partial charge on any atom is 0.185 e. The van der Waals surface area contributed by atoms with Gasteiger partial charge < -0.3 is 0 Å². The van der Waals surface area contributed by atoms with Crippen LogP contribution in [-0.2, 0) is 4.79 Å². The largest absolute Gasteiger partial charge is 0.289 e. The standard InChI is InChI=1S/C19H14F2O/c20-17-7-3-1-5-13(17)11-15-9-10-16(19(15)22)12-14-6-2-4-8-18(14)21/h1-8,11-12H,9-10H2/b15-11+,16-12?. The first-order valence-corrected chi connectivity index (χ1v) is 7.10. The van der Waals surface area contributed by atoms with Crippen molar-refractivity contribution >= 4 is 17.9 Å². The second-order valence-corrected chi connectivity index (χ2v) is 5.21. The van der Waals surface area contributed by atoms with Gasteiger partial charge in [-0.2, -0.15) is 0 Å². The fourth-order valence-corrected chi connectivity index (χ4v) is 2.54. The first kappa shape index (κ1) is 14.4. The molecule has 2 aromatic carbocycles. The van der Waals surface area contributed by atoms with Crippen molar-refractivity contribution in [3.63, 3.8) is 0 Å². The van der Waals surface area contributed by atoms with Crippen LogP contribution in [0.25, 0.3) is 12.2 Å². The molecule has 0 spiro atoms. The number of benzene rings is 2. The van der Waals surface area contributed by atoms with Gasteiger partial charge in [0.2, 0.25) is 0 Å². The zero-order valence-electron chi connectivity index (χ0n) is 11.9. The SMILES string of the molecule is O=C1C(=Cc2ccccc2F)CC/C1=C\c1ccccc1F. The summed E-state index contributed by atoms with van der Waals surface area (Å²) in [6.07, 6.45) is 4.26. The molecular weight excluding hydrogens is 282 g/mol. The number of ketones is 1. The van der Waals surface area contributed by atoms with E-state index in [4.69, 9.17) is 0 Å². The van der Waals surface area contributed by atoms with Crippen LogP contribution >= 0.6 is 0 Å². The highest BCUT2D eigenvalue weighted by Gasteiger charge is 2.23. The zero-order valence-corrected chi connectivity index (χ0v) is 11.9. The number of rotatable bonds is 2. The molecule has 2 aromatic rings. The molecule has 1 nitrogen and oxygen atoms in total. The van der Waals surface area contributed by atoms with Crippen LogP contribution in [0.5, 0.6) is 0 Å². The fraction of sp³-hybridized carbons (Fsp3) is 0.105. The van der Waals surface area contributed by atoms with E-state index in [1.807, 2.05) is 0 Å². The van der Waals surface area contributed by atoms with Gasteiger partial charge in [0.15, 0.2) is 5.78 Å². The number of hydrogen-bond acceptors (Lipinski definition) is 1. The summed E-state index contributed by atoms with van der Waals surface area (Å²) in [5, 5.41) is 0. The Morgan fingerprint density at radius 1 is 0.727 bits per heavy atom. The van der Waals surface area contributed by atoms with Crippen molar-refractivity contribution in [2.45, 2.75) is 12.8 Å². The van der Waals surface area contributed by atoms with E-state index in [9.17, 15) is 13.6 Å². The highest BCUT2D eigenvalue weighted by molar-refractivity contribution is 6.15. The summed E-state index contributed by atoms with van der Waals surface area (Å²) in [5.41, 5.74) is 1.93. The van der Waals surface area contributed by atoms with Gasteiger partial charge in [-0.05, 0) is 37.1 Å². The zero-order chi connectivity index (χ0) is 15.5. The summed E-state index contributed by atoms with van der Waals surface area (Å²) in [7, 11) is 0. The van der Waals surface area contributed by atoms with E-state index in [2.05, 4.69) is 0 Å². The lowest BCUT2D eigenvalue weighted by molar-refractivity contribution is -0.111. The molecular formula is C19H14F2O. The highest BCUT2D eigenvalue weighted by atomic mass is 19.1. The molecule has 0 bridgehead atoms. The number of hydrogen-bond donors (Lipinski definition) is 0. The second kappa shape index (κ2) is 6.06. The minimum absolute atomic E-state index is 0.133. The molecule has 22 heavy (non-hydrogen) atoms. The van der Waals surface area contributed by atoms with Gasteiger partial charge >= 0.3 is 0 Å². The van der Waals surface area contributed by atoms with E-state index in [0.29, 0.717) is 35.1 Å². The van der Waals surface area contributed by atoms with E-state index >= 15 is 0 Å². The third kappa shape index (κ3) is 2.89. The van der Waals surface area contributed by atoms with E-state index in [-0.39, 0.29) is 17.4 Å². The van der Waals surface area contributed by atoms with Crippen LogP contribution in [0.4, 0.5) is 8.78 Å². The predicted molar refractivity (Wildman–Crippen MR) is 83.0 cm³/mol. The number of carbonyl (C=O) groups is 1. The molecule has 110 valence electrons. The Hall–Kier alpha value is -2.55. The molecule has 0 aliphatic heterocycles. The van der Waals surface area contributed by atoms with Gasteiger partial charge in [0, 0.05) is 22.3 Å². The van der Waals surface area contributed by atoms with Crippen LogP contribution in [-0.4, -0.2) is 5.78 Å². The average Bonchev–Trinajstić information content (AvgIpc) is 2.85. The Bertz CT molecular complexity index is 722. The minimum atomic E-state index is -0.352. The molecule has 0 amide bonds. The van der Waals surface area contributed by atoms with E-state index in [0.717, 1.165) is 0 Å². The second-order valence-electron chi connectivity index (χ2n) is 5.21. The number of Topliss-reactive ketones (excluding diaryl/α,β-unsaturated/α-hetero) is 1. The van der Waals surface area contributed by atoms with Gasteiger partial charge in [0.1, 0.15) is 11.6 Å². The lowest BCUT2D eigenvalue weighted by Gasteiger charge is -1.99. The topological polar surface area (TPSA) is 17.1 Å². The van der Waals surface area contributed by atoms with Gasteiger partial charge in [-0.15, -0.1) is 0 Å². The summed E-state index contributed by atoms with van der Waals surface area (Å²) in [6.45, 7) is 0. The molecule has 1 saturated carbocycles. The van der Waals surface area contributed by atoms with Gasteiger partial charge in [-0.25, -0.2) is 8.78 Å². The van der Waals surface area contributed by atoms with Crippen LogP contribution in [0.1, 0.15) is 24.0 Å². The van der Waals surface area contributed by atoms with Crippen LogP contribution in [0, 0.1) is 11.6 Å². The number of carbonyl (C=O) groups excluding carboxylic acids is 1. The summed E-state index contributed by atoms with van der Waals surface area (Å²) >= 11 is 0.